The third-order valence-electron chi connectivity index (χ3n) is 3.56. The van der Waals surface area contributed by atoms with Crippen LogP contribution in [0.2, 0.25) is 0 Å². The molecule has 0 bridgehead atoms. The summed E-state index contributed by atoms with van der Waals surface area (Å²) in [6.07, 6.45) is 0.403. The summed E-state index contributed by atoms with van der Waals surface area (Å²) in [6, 6.07) is 12.1. The normalized spacial score (nSPS) is 11.0. The van der Waals surface area contributed by atoms with Crippen molar-refractivity contribution < 1.29 is 13.3 Å². The lowest BCUT2D eigenvalue weighted by Crippen LogP contribution is -1.88. The fourth-order valence-corrected chi connectivity index (χ4v) is 3.11. The van der Waals surface area contributed by atoms with E-state index >= 15 is 0 Å². The first-order valence-corrected chi connectivity index (χ1v) is 8.34. The molecule has 0 amide bonds. The first kappa shape index (κ1) is 15.6. The number of nitrogens with zero attached hydrogens (tertiary/aromatic N) is 3. The van der Waals surface area contributed by atoms with Crippen LogP contribution in [0, 0.1) is 11.6 Å². The molecule has 0 aliphatic carbocycles. The van der Waals surface area contributed by atoms with Gasteiger partial charge >= 0.3 is 0 Å². The largest absolute Gasteiger partial charge is 0.339 e. The Labute approximate surface area is 145 Å². The zero-order valence-corrected chi connectivity index (χ0v) is 13.6. The summed E-state index contributed by atoms with van der Waals surface area (Å²) in [5, 5.41) is 6.63. The molecule has 0 saturated carbocycles. The number of halogens is 2. The zero-order chi connectivity index (χ0) is 17.2. The highest BCUT2D eigenvalue weighted by molar-refractivity contribution is 7.10. The highest BCUT2D eigenvalue weighted by Crippen LogP contribution is 2.24. The molecule has 124 valence electrons. The predicted octanol–water partition coefficient (Wildman–Crippen LogP) is 4.73. The van der Waals surface area contributed by atoms with Crippen molar-refractivity contribution in [1.29, 1.82) is 0 Å². The second-order valence-electron chi connectivity index (χ2n) is 5.33. The molecule has 25 heavy (non-hydrogen) atoms. The molecule has 2 aromatic carbocycles. The number of hydrogen-bond acceptors (Lipinski definition) is 5. The first-order chi connectivity index (χ1) is 12.2. The van der Waals surface area contributed by atoms with E-state index in [9.17, 15) is 8.78 Å². The maximum Gasteiger partial charge on any atom is 0.233 e. The van der Waals surface area contributed by atoms with Crippen LogP contribution in [0.25, 0.3) is 22.6 Å². The average molecular weight is 355 g/mol. The van der Waals surface area contributed by atoms with Crippen molar-refractivity contribution in [2.24, 2.45) is 0 Å². The minimum Gasteiger partial charge on any atom is -0.339 e. The second kappa shape index (κ2) is 6.52. The van der Waals surface area contributed by atoms with Crippen molar-refractivity contribution in [2.45, 2.75) is 6.42 Å². The number of thiazole rings is 1. The number of hydrogen-bond donors (Lipinski definition) is 0. The summed E-state index contributed by atoms with van der Waals surface area (Å²) in [7, 11) is 0. The molecule has 0 aliphatic rings. The van der Waals surface area contributed by atoms with Gasteiger partial charge < -0.3 is 4.52 Å². The van der Waals surface area contributed by atoms with Crippen LogP contribution in [0.1, 0.15) is 10.9 Å². The van der Waals surface area contributed by atoms with Crippen LogP contribution in [-0.4, -0.2) is 15.1 Å². The highest BCUT2D eigenvalue weighted by atomic mass is 32.1. The van der Waals surface area contributed by atoms with Gasteiger partial charge in [0, 0.05) is 16.5 Å². The van der Waals surface area contributed by atoms with E-state index in [0.717, 1.165) is 16.3 Å². The molecule has 0 spiro atoms. The molecule has 0 atom stereocenters. The fraction of sp³-hybridized carbons (Fsp3) is 0.0556. The van der Waals surface area contributed by atoms with Gasteiger partial charge in [0.05, 0.1) is 12.1 Å². The molecule has 0 N–H and O–H groups in total. The molecule has 0 fully saturated rings. The van der Waals surface area contributed by atoms with Crippen molar-refractivity contribution in [3.8, 4) is 22.6 Å². The van der Waals surface area contributed by atoms with Crippen molar-refractivity contribution in [3.05, 3.63) is 76.4 Å². The van der Waals surface area contributed by atoms with Gasteiger partial charge in [-0.15, -0.1) is 11.3 Å². The van der Waals surface area contributed by atoms with Gasteiger partial charge in [0.2, 0.25) is 11.7 Å². The Morgan fingerprint density at radius 1 is 0.840 bits per heavy atom. The first-order valence-electron chi connectivity index (χ1n) is 7.46. The van der Waals surface area contributed by atoms with Gasteiger partial charge in [-0.05, 0) is 48.5 Å². The highest BCUT2D eigenvalue weighted by Gasteiger charge is 2.12. The van der Waals surface area contributed by atoms with Crippen LogP contribution in [0.15, 0.2) is 58.4 Å². The van der Waals surface area contributed by atoms with Crippen LogP contribution in [0.4, 0.5) is 8.78 Å². The molecular formula is C18H11F2N3OS. The van der Waals surface area contributed by atoms with Crippen molar-refractivity contribution >= 4 is 11.3 Å². The third-order valence-corrected chi connectivity index (χ3v) is 4.41. The van der Waals surface area contributed by atoms with Crippen molar-refractivity contribution in [1.82, 2.24) is 15.1 Å². The van der Waals surface area contributed by atoms with E-state index in [1.807, 2.05) is 5.38 Å². The van der Waals surface area contributed by atoms with Crippen LogP contribution in [0.3, 0.4) is 0 Å². The zero-order valence-electron chi connectivity index (χ0n) is 12.8. The number of benzene rings is 2. The summed E-state index contributed by atoms with van der Waals surface area (Å²) in [6.45, 7) is 0. The SMILES string of the molecule is Fc1ccc(-c2csc(Cc3nc(-c4ccc(F)cc4)no3)n2)cc1. The molecule has 0 unspecified atom stereocenters. The standard InChI is InChI=1S/C18H11F2N3OS/c19-13-5-1-11(2-6-13)15-10-25-17(21-15)9-16-22-18(23-24-16)12-3-7-14(20)8-4-12/h1-8,10H,9H2. The van der Waals surface area contributed by atoms with E-state index < -0.39 is 0 Å². The van der Waals surface area contributed by atoms with Crippen LogP contribution < -0.4 is 0 Å². The maximum atomic E-state index is 13.0. The Balaban J connectivity index is 1.51. The van der Waals surface area contributed by atoms with E-state index in [1.165, 1.54) is 35.6 Å². The lowest BCUT2D eigenvalue weighted by molar-refractivity contribution is 0.385. The van der Waals surface area contributed by atoms with E-state index in [0.29, 0.717) is 23.7 Å². The van der Waals surface area contributed by atoms with Crippen LogP contribution in [0.5, 0.6) is 0 Å². The Morgan fingerprint density at radius 2 is 1.48 bits per heavy atom. The lowest BCUT2D eigenvalue weighted by Gasteiger charge is -1.95. The summed E-state index contributed by atoms with van der Waals surface area (Å²) >= 11 is 1.47. The Hall–Kier alpha value is -2.93. The molecule has 0 saturated heterocycles. The van der Waals surface area contributed by atoms with Gasteiger partial charge in [0.25, 0.3) is 0 Å². The van der Waals surface area contributed by atoms with Crippen molar-refractivity contribution in [3.63, 3.8) is 0 Å². The number of aromatic nitrogens is 3. The van der Waals surface area contributed by atoms with Gasteiger partial charge in [-0.1, -0.05) is 5.16 Å². The molecule has 2 heterocycles. The maximum absolute atomic E-state index is 13.0. The molecule has 4 rings (SSSR count). The summed E-state index contributed by atoms with van der Waals surface area (Å²) in [5.41, 5.74) is 2.31. The second-order valence-corrected chi connectivity index (χ2v) is 6.27. The molecule has 7 heteroatoms. The Kier molecular flexibility index (Phi) is 4.07. The molecule has 0 radical (unpaired) electrons. The summed E-state index contributed by atoms with van der Waals surface area (Å²) < 4.78 is 31.2. The van der Waals surface area contributed by atoms with Gasteiger partial charge in [0.15, 0.2) is 0 Å². The van der Waals surface area contributed by atoms with Gasteiger partial charge in [-0.3, -0.25) is 0 Å². The summed E-state index contributed by atoms with van der Waals surface area (Å²) in [5.74, 6) is 0.242. The van der Waals surface area contributed by atoms with Crippen molar-refractivity contribution in [2.75, 3.05) is 0 Å². The van der Waals surface area contributed by atoms with E-state index in [1.54, 1.807) is 24.3 Å². The Morgan fingerprint density at radius 3 is 2.16 bits per heavy atom. The molecule has 0 aliphatic heterocycles. The van der Waals surface area contributed by atoms with E-state index in [2.05, 4.69) is 15.1 Å². The number of rotatable bonds is 4. The average Bonchev–Trinajstić information content (AvgIpc) is 3.27. The molecule has 4 nitrogen and oxygen atoms in total. The smallest absolute Gasteiger partial charge is 0.233 e. The van der Waals surface area contributed by atoms with Gasteiger partial charge in [0.1, 0.15) is 16.6 Å². The quantitative estimate of drug-likeness (QED) is 0.531. The Bertz CT molecular complexity index is 912. The monoisotopic (exact) mass is 355 g/mol. The minimum atomic E-state index is -0.316. The topological polar surface area (TPSA) is 51.8 Å². The van der Waals surface area contributed by atoms with Crippen LogP contribution in [-0.2, 0) is 6.42 Å². The fourth-order valence-electron chi connectivity index (χ4n) is 2.32. The lowest BCUT2D eigenvalue weighted by atomic mass is 10.2. The molecule has 4 aromatic rings. The van der Waals surface area contributed by atoms with Gasteiger partial charge in [-0.2, -0.15) is 4.98 Å². The predicted molar refractivity (Wildman–Crippen MR) is 90.0 cm³/mol. The van der Waals surface area contributed by atoms with Crippen LogP contribution >= 0.6 is 11.3 Å². The van der Waals surface area contributed by atoms with Gasteiger partial charge in [-0.25, -0.2) is 13.8 Å². The minimum absolute atomic E-state index is 0.279. The third kappa shape index (κ3) is 3.46. The molecule has 2 aromatic heterocycles. The molecular weight excluding hydrogens is 344 g/mol. The van der Waals surface area contributed by atoms with E-state index in [4.69, 9.17) is 4.52 Å². The summed E-state index contributed by atoms with van der Waals surface area (Å²) in [4.78, 5) is 8.83. The van der Waals surface area contributed by atoms with E-state index in [-0.39, 0.29) is 11.6 Å².